The Morgan fingerprint density at radius 3 is 2.67 bits per heavy atom. The maximum atomic E-state index is 5.02. The first-order valence-corrected chi connectivity index (χ1v) is 7.14. The lowest BCUT2D eigenvalue weighted by Crippen LogP contribution is -2.10. The van der Waals surface area contributed by atoms with Crippen LogP contribution in [-0.2, 0) is 11.3 Å². The molecule has 0 radical (unpaired) electrons. The molecular formula is C16H22N4O. The molecule has 5 nitrogen and oxygen atoms in total. The molecule has 2 aromatic rings. The molecule has 1 aromatic heterocycles. The fourth-order valence-corrected chi connectivity index (χ4v) is 1.94. The number of nitrogens with zero attached hydrogens (tertiary/aromatic N) is 2. The molecule has 0 amide bonds. The Morgan fingerprint density at radius 1 is 1.10 bits per heavy atom. The Hall–Kier alpha value is -2.14. The minimum atomic E-state index is 0.654. The first-order chi connectivity index (χ1) is 10.3. The highest BCUT2D eigenvalue weighted by Crippen LogP contribution is 2.11. The van der Waals surface area contributed by atoms with Gasteiger partial charge >= 0.3 is 0 Å². The van der Waals surface area contributed by atoms with Crippen molar-refractivity contribution in [1.29, 1.82) is 0 Å². The molecule has 0 atom stereocenters. The standard InChI is InChI=1S/C16H22N4O/c1-13-11-15(18-12-14-7-4-3-5-8-14)20-16(19-13)17-9-6-10-21-2/h3-5,7-8,11H,6,9-10,12H2,1-2H3,(H2,17,18,19,20). The summed E-state index contributed by atoms with van der Waals surface area (Å²) in [4.78, 5) is 8.86. The molecule has 0 aliphatic rings. The van der Waals surface area contributed by atoms with E-state index in [0.29, 0.717) is 5.95 Å². The number of nitrogens with one attached hydrogen (secondary N) is 2. The SMILES string of the molecule is COCCCNc1nc(C)cc(NCc2ccccc2)n1. The summed E-state index contributed by atoms with van der Waals surface area (Å²) in [6.45, 7) is 4.25. The molecule has 112 valence electrons. The summed E-state index contributed by atoms with van der Waals surface area (Å²) in [6.07, 6.45) is 0.931. The van der Waals surface area contributed by atoms with Crippen LogP contribution in [0.4, 0.5) is 11.8 Å². The van der Waals surface area contributed by atoms with Gasteiger partial charge in [0.05, 0.1) is 0 Å². The van der Waals surface area contributed by atoms with Crippen LogP contribution in [0, 0.1) is 6.92 Å². The van der Waals surface area contributed by atoms with Crippen molar-refractivity contribution in [2.24, 2.45) is 0 Å². The highest BCUT2D eigenvalue weighted by Gasteiger charge is 2.02. The summed E-state index contributed by atoms with van der Waals surface area (Å²) in [7, 11) is 1.70. The van der Waals surface area contributed by atoms with Crippen molar-refractivity contribution >= 4 is 11.8 Å². The van der Waals surface area contributed by atoms with E-state index in [1.54, 1.807) is 7.11 Å². The maximum absolute atomic E-state index is 5.02. The lowest BCUT2D eigenvalue weighted by atomic mass is 10.2. The number of hydrogen-bond acceptors (Lipinski definition) is 5. The van der Waals surface area contributed by atoms with Gasteiger partial charge in [-0.3, -0.25) is 0 Å². The van der Waals surface area contributed by atoms with Crippen molar-refractivity contribution in [2.45, 2.75) is 19.9 Å². The Kier molecular flexibility index (Phi) is 5.97. The van der Waals surface area contributed by atoms with Crippen molar-refractivity contribution < 1.29 is 4.74 Å². The van der Waals surface area contributed by atoms with Gasteiger partial charge in [0.2, 0.25) is 5.95 Å². The normalized spacial score (nSPS) is 10.4. The van der Waals surface area contributed by atoms with E-state index in [0.717, 1.165) is 37.6 Å². The quantitative estimate of drug-likeness (QED) is 0.731. The third-order valence-electron chi connectivity index (χ3n) is 2.98. The maximum Gasteiger partial charge on any atom is 0.224 e. The summed E-state index contributed by atoms with van der Waals surface area (Å²) in [5.74, 6) is 1.49. The highest BCUT2D eigenvalue weighted by molar-refractivity contribution is 5.42. The summed E-state index contributed by atoms with van der Waals surface area (Å²) >= 11 is 0. The van der Waals surface area contributed by atoms with E-state index in [-0.39, 0.29) is 0 Å². The molecule has 5 heteroatoms. The monoisotopic (exact) mass is 286 g/mol. The average molecular weight is 286 g/mol. The molecule has 0 spiro atoms. The second kappa shape index (κ2) is 8.21. The van der Waals surface area contributed by atoms with Gasteiger partial charge in [0.1, 0.15) is 5.82 Å². The molecule has 0 bridgehead atoms. The molecule has 0 aliphatic carbocycles. The van der Waals surface area contributed by atoms with Crippen LogP contribution < -0.4 is 10.6 Å². The average Bonchev–Trinajstić information content (AvgIpc) is 2.50. The Balaban J connectivity index is 1.91. The van der Waals surface area contributed by atoms with Gasteiger partial charge in [0, 0.05) is 38.6 Å². The Bertz CT molecular complexity index is 545. The highest BCUT2D eigenvalue weighted by atomic mass is 16.5. The number of ether oxygens (including phenoxy) is 1. The molecule has 0 saturated carbocycles. The zero-order valence-corrected chi connectivity index (χ0v) is 12.6. The summed E-state index contributed by atoms with van der Waals surface area (Å²) in [6, 6.07) is 12.2. The van der Waals surface area contributed by atoms with E-state index in [9.17, 15) is 0 Å². The number of rotatable bonds is 8. The molecule has 1 aromatic carbocycles. The fraction of sp³-hybridized carbons (Fsp3) is 0.375. The predicted molar refractivity (Wildman–Crippen MR) is 85.5 cm³/mol. The molecule has 1 heterocycles. The molecule has 0 aliphatic heterocycles. The third kappa shape index (κ3) is 5.39. The van der Waals surface area contributed by atoms with Crippen LogP contribution in [0.1, 0.15) is 17.7 Å². The van der Waals surface area contributed by atoms with E-state index in [4.69, 9.17) is 4.74 Å². The van der Waals surface area contributed by atoms with Gasteiger partial charge in [0.15, 0.2) is 0 Å². The molecule has 2 N–H and O–H groups in total. The van der Waals surface area contributed by atoms with Gasteiger partial charge in [-0.1, -0.05) is 30.3 Å². The van der Waals surface area contributed by atoms with Gasteiger partial charge < -0.3 is 15.4 Å². The van der Waals surface area contributed by atoms with Crippen molar-refractivity contribution in [3.8, 4) is 0 Å². The minimum absolute atomic E-state index is 0.654. The van der Waals surface area contributed by atoms with Crippen LogP contribution in [0.5, 0.6) is 0 Å². The Labute approximate surface area is 125 Å². The van der Waals surface area contributed by atoms with Crippen molar-refractivity contribution in [3.63, 3.8) is 0 Å². The summed E-state index contributed by atoms with van der Waals surface area (Å²) in [5.41, 5.74) is 2.16. The topological polar surface area (TPSA) is 59.1 Å². The fourth-order valence-electron chi connectivity index (χ4n) is 1.94. The van der Waals surface area contributed by atoms with E-state index >= 15 is 0 Å². The van der Waals surface area contributed by atoms with Crippen LogP contribution >= 0.6 is 0 Å². The Morgan fingerprint density at radius 2 is 1.90 bits per heavy atom. The lowest BCUT2D eigenvalue weighted by Gasteiger charge is -2.10. The van der Waals surface area contributed by atoms with Crippen LogP contribution in [0.25, 0.3) is 0 Å². The molecule has 2 rings (SSSR count). The molecular weight excluding hydrogens is 264 g/mol. The van der Waals surface area contributed by atoms with E-state index in [1.807, 2.05) is 31.2 Å². The molecule has 21 heavy (non-hydrogen) atoms. The van der Waals surface area contributed by atoms with Crippen LogP contribution in [0.2, 0.25) is 0 Å². The molecule has 0 unspecified atom stereocenters. The smallest absolute Gasteiger partial charge is 0.224 e. The zero-order chi connectivity index (χ0) is 14.9. The van der Waals surface area contributed by atoms with Crippen LogP contribution in [0.15, 0.2) is 36.4 Å². The largest absolute Gasteiger partial charge is 0.385 e. The van der Waals surface area contributed by atoms with Gasteiger partial charge in [-0.25, -0.2) is 4.98 Å². The zero-order valence-electron chi connectivity index (χ0n) is 12.6. The van der Waals surface area contributed by atoms with Crippen molar-refractivity contribution in [2.75, 3.05) is 30.9 Å². The summed E-state index contributed by atoms with van der Waals surface area (Å²) < 4.78 is 5.02. The van der Waals surface area contributed by atoms with Crippen molar-refractivity contribution in [1.82, 2.24) is 9.97 Å². The number of aromatic nitrogens is 2. The van der Waals surface area contributed by atoms with Gasteiger partial charge in [0.25, 0.3) is 0 Å². The van der Waals surface area contributed by atoms with Crippen LogP contribution in [0.3, 0.4) is 0 Å². The predicted octanol–water partition coefficient (Wildman–Crippen LogP) is 2.85. The second-order valence-corrected chi connectivity index (χ2v) is 4.83. The van der Waals surface area contributed by atoms with Crippen LogP contribution in [-0.4, -0.2) is 30.2 Å². The number of aryl methyl sites for hydroxylation is 1. The van der Waals surface area contributed by atoms with Crippen molar-refractivity contribution in [3.05, 3.63) is 47.7 Å². The summed E-state index contributed by atoms with van der Waals surface area (Å²) in [5, 5.41) is 6.54. The van der Waals surface area contributed by atoms with E-state index in [2.05, 4.69) is 32.7 Å². The number of benzene rings is 1. The lowest BCUT2D eigenvalue weighted by molar-refractivity contribution is 0.197. The number of methoxy groups -OCH3 is 1. The van der Waals surface area contributed by atoms with Gasteiger partial charge in [-0.2, -0.15) is 4.98 Å². The molecule has 0 saturated heterocycles. The minimum Gasteiger partial charge on any atom is -0.385 e. The number of hydrogen-bond donors (Lipinski definition) is 2. The van der Waals surface area contributed by atoms with Gasteiger partial charge in [-0.15, -0.1) is 0 Å². The van der Waals surface area contributed by atoms with Gasteiger partial charge in [-0.05, 0) is 18.9 Å². The van der Waals surface area contributed by atoms with E-state index < -0.39 is 0 Å². The first-order valence-electron chi connectivity index (χ1n) is 7.14. The molecule has 0 fully saturated rings. The third-order valence-corrected chi connectivity index (χ3v) is 2.98. The number of anilines is 2. The second-order valence-electron chi connectivity index (χ2n) is 4.83. The van der Waals surface area contributed by atoms with E-state index in [1.165, 1.54) is 5.56 Å². The first kappa shape index (κ1) is 15.3.